The summed E-state index contributed by atoms with van der Waals surface area (Å²) >= 11 is 9.54. The summed E-state index contributed by atoms with van der Waals surface area (Å²) in [5.74, 6) is 6.15. The van der Waals surface area contributed by atoms with E-state index in [2.05, 4.69) is 24.5 Å². The van der Waals surface area contributed by atoms with E-state index >= 15 is 0 Å². The molecule has 3 heteroatoms. The molecule has 62 valence electrons. The van der Waals surface area contributed by atoms with Crippen molar-refractivity contribution in [1.29, 1.82) is 0 Å². The smallest absolute Gasteiger partial charge is 0.135 e. The van der Waals surface area contributed by atoms with Crippen LogP contribution < -0.4 is 0 Å². The van der Waals surface area contributed by atoms with E-state index in [1.807, 2.05) is 0 Å². The van der Waals surface area contributed by atoms with Crippen molar-refractivity contribution in [2.75, 3.05) is 5.75 Å². The third kappa shape index (κ3) is 2.37. The molecule has 0 spiro atoms. The number of phenolic OH excluding ortho intramolecular Hbond substituents is 1. The summed E-state index contributed by atoms with van der Waals surface area (Å²) in [6.07, 6.45) is 0. The maximum atomic E-state index is 9.18. The van der Waals surface area contributed by atoms with Gasteiger partial charge in [-0.05, 0) is 18.2 Å². The quantitative estimate of drug-likeness (QED) is 0.484. The molecule has 0 saturated carbocycles. The van der Waals surface area contributed by atoms with Crippen LogP contribution in [0.25, 0.3) is 0 Å². The number of phenols is 1. The third-order valence-corrected chi connectivity index (χ3v) is 1.74. The van der Waals surface area contributed by atoms with Crippen LogP contribution in [-0.2, 0) is 0 Å². The van der Waals surface area contributed by atoms with E-state index in [0.717, 1.165) is 5.56 Å². The van der Waals surface area contributed by atoms with Gasteiger partial charge in [-0.3, -0.25) is 0 Å². The Morgan fingerprint density at radius 1 is 1.50 bits per heavy atom. The number of rotatable bonds is 0. The number of hydrogen-bond donors (Lipinski definition) is 2. The van der Waals surface area contributed by atoms with Gasteiger partial charge in [0.15, 0.2) is 0 Å². The first-order chi connectivity index (χ1) is 5.74. The first kappa shape index (κ1) is 9.31. The lowest BCUT2D eigenvalue weighted by molar-refractivity contribution is 0.475. The second-order valence-electron chi connectivity index (χ2n) is 2.13. The van der Waals surface area contributed by atoms with Crippen molar-refractivity contribution in [3.05, 3.63) is 28.8 Å². The highest BCUT2D eigenvalue weighted by Crippen LogP contribution is 2.22. The van der Waals surface area contributed by atoms with Crippen molar-refractivity contribution in [2.45, 2.75) is 0 Å². The summed E-state index contributed by atoms with van der Waals surface area (Å²) in [6.45, 7) is 0. The molecule has 0 saturated heterocycles. The maximum Gasteiger partial charge on any atom is 0.135 e. The topological polar surface area (TPSA) is 20.2 Å². The van der Waals surface area contributed by atoms with Crippen LogP contribution in [-0.4, -0.2) is 10.9 Å². The van der Waals surface area contributed by atoms with E-state index in [1.54, 1.807) is 12.1 Å². The van der Waals surface area contributed by atoms with Crippen molar-refractivity contribution in [3.8, 4) is 17.6 Å². The van der Waals surface area contributed by atoms with Gasteiger partial charge in [-0.15, -0.1) is 0 Å². The summed E-state index contributed by atoms with van der Waals surface area (Å²) in [5.41, 5.74) is 0.742. The Morgan fingerprint density at radius 2 is 2.25 bits per heavy atom. The minimum atomic E-state index is 0.0580. The fourth-order valence-electron chi connectivity index (χ4n) is 0.732. The van der Waals surface area contributed by atoms with E-state index in [9.17, 15) is 5.11 Å². The zero-order valence-electron chi connectivity index (χ0n) is 6.21. The molecule has 0 amide bonds. The van der Waals surface area contributed by atoms with E-state index in [0.29, 0.717) is 10.8 Å². The molecule has 0 aliphatic carbocycles. The van der Waals surface area contributed by atoms with Crippen LogP contribution in [0.4, 0.5) is 0 Å². The third-order valence-electron chi connectivity index (χ3n) is 1.26. The SMILES string of the molecule is Oc1cc(C#CCS)ccc1Cl. The van der Waals surface area contributed by atoms with Gasteiger partial charge in [0, 0.05) is 5.56 Å². The minimum absolute atomic E-state index is 0.0580. The second-order valence-corrected chi connectivity index (χ2v) is 2.85. The minimum Gasteiger partial charge on any atom is -0.506 e. The van der Waals surface area contributed by atoms with Gasteiger partial charge in [-0.25, -0.2) is 0 Å². The van der Waals surface area contributed by atoms with Crippen LogP contribution in [0.5, 0.6) is 5.75 Å². The van der Waals surface area contributed by atoms with Gasteiger partial charge < -0.3 is 5.11 Å². The number of hydrogen-bond acceptors (Lipinski definition) is 2. The first-order valence-corrected chi connectivity index (χ1v) is 4.33. The molecule has 12 heavy (non-hydrogen) atoms. The Kier molecular flexibility index (Phi) is 3.33. The molecule has 0 atom stereocenters. The van der Waals surface area contributed by atoms with Crippen molar-refractivity contribution in [2.24, 2.45) is 0 Å². The lowest BCUT2D eigenvalue weighted by Crippen LogP contribution is -1.75. The molecule has 0 fully saturated rings. The molecule has 0 aliphatic heterocycles. The highest BCUT2D eigenvalue weighted by molar-refractivity contribution is 7.80. The normalized spacial score (nSPS) is 8.83. The van der Waals surface area contributed by atoms with Crippen LogP contribution >= 0.6 is 24.2 Å². The van der Waals surface area contributed by atoms with E-state index < -0.39 is 0 Å². The molecular weight excluding hydrogens is 192 g/mol. The Balaban J connectivity index is 2.97. The summed E-state index contributed by atoms with van der Waals surface area (Å²) < 4.78 is 0. The average Bonchev–Trinajstić information content (AvgIpc) is 2.07. The summed E-state index contributed by atoms with van der Waals surface area (Å²) in [6, 6.07) is 4.89. The van der Waals surface area contributed by atoms with Gasteiger partial charge in [0.1, 0.15) is 5.75 Å². The lowest BCUT2D eigenvalue weighted by Gasteiger charge is -1.95. The first-order valence-electron chi connectivity index (χ1n) is 3.32. The van der Waals surface area contributed by atoms with Crippen LogP contribution in [0, 0.1) is 11.8 Å². The van der Waals surface area contributed by atoms with Crippen molar-refractivity contribution in [3.63, 3.8) is 0 Å². The fraction of sp³-hybridized carbons (Fsp3) is 0.111. The van der Waals surface area contributed by atoms with E-state index in [4.69, 9.17) is 11.6 Å². The van der Waals surface area contributed by atoms with Crippen LogP contribution in [0.3, 0.4) is 0 Å². The molecule has 1 aromatic rings. The molecule has 0 aromatic heterocycles. The number of thiol groups is 1. The van der Waals surface area contributed by atoms with Crippen LogP contribution in [0.2, 0.25) is 5.02 Å². The molecule has 0 bridgehead atoms. The molecule has 0 radical (unpaired) electrons. The van der Waals surface area contributed by atoms with Gasteiger partial charge in [-0.2, -0.15) is 12.6 Å². The monoisotopic (exact) mass is 198 g/mol. The second kappa shape index (κ2) is 4.30. The molecule has 0 heterocycles. The Morgan fingerprint density at radius 3 is 2.83 bits per heavy atom. The van der Waals surface area contributed by atoms with Crippen molar-refractivity contribution < 1.29 is 5.11 Å². The predicted molar refractivity (Wildman–Crippen MR) is 53.8 cm³/mol. The summed E-state index contributed by atoms with van der Waals surface area (Å²) in [7, 11) is 0. The Labute approximate surface area is 81.8 Å². The zero-order valence-corrected chi connectivity index (χ0v) is 7.86. The largest absolute Gasteiger partial charge is 0.506 e. The molecule has 1 rings (SSSR count). The van der Waals surface area contributed by atoms with Gasteiger partial charge in [0.05, 0.1) is 10.8 Å². The zero-order chi connectivity index (χ0) is 8.97. The van der Waals surface area contributed by atoms with Gasteiger partial charge in [0.25, 0.3) is 0 Å². The van der Waals surface area contributed by atoms with E-state index in [1.165, 1.54) is 6.07 Å². The van der Waals surface area contributed by atoms with Gasteiger partial charge in [-0.1, -0.05) is 23.4 Å². The summed E-state index contributed by atoms with van der Waals surface area (Å²) in [4.78, 5) is 0. The Hall–Kier alpha value is -0.780. The standard InChI is InChI=1S/C9H7ClOS/c10-8-4-3-7(2-1-5-12)6-9(8)11/h3-4,6,11-12H,5H2. The van der Waals surface area contributed by atoms with Crippen LogP contribution in [0.15, 0.2) is 18.2 Å². The number of aromatic hydroxyl groups is 1. The van der Waals surface area contributed by atoms with Gasteiger partial charge >= 0.3 is 0 Å². The Bertz CT molecular complexity index is 338. The maximum absolute atomic E-state index is 9.18. The van der Waals surface area contributed by atoms with Crippen LogP contribution in [0.1, 0.15) is 5.56 Å². The molecule has 1 N–H and O–H groups in total. The van der Waals surface area contributed by atoms with Gasteiger partial charge in [0.2, 0.25) is 0 Å². The van der Waals surface area contributed by atoms with E-state index in [-0.39, 0.29) is 5.75 Å². The predicted octanol–water partition coefficient (Wildman–Crippen LogP) is 2.33. The molecule has 1 nitrogen and oxygen atoms in total. The number of benzene rings is 1. The van der Waals surface area contributed by atoms with Crippen molar-refractivity contribution >= 4 is 24.2 Å². The fourth-order valence-corrected chi connectivity index (χ4v) is 0.929. The van der Waals surface area contributed by atoms with Crippen molar-refractivity contribution in [1.82, 2.24) is 0 Å². The highest BCUT2D eigenvalue weighted by atomic mass is 35.5. The summed E-state index contributed by atoms with van der Waals surface area (Å²) in [5, 5.41) is 9.52. The highest BCUT2D eigenvalue weighted by Gasteiger charge is 1.96. The number of halogens is 1. The molecule has 0 unspecified atom stereocenters. The molecule has 0 aliphatic rings. The molecule has 1 aromatic carbocycles. The lowest BCUT2D eigenvalue weighted by atomic mass is 10.2. The average molecular weight is 199 g/mol. The molecular formula is C9H7ClOS.